The van der Waals surface area contributed by atoms with E-state index in [1.54, 1.807) is 6.92 Å². The quantitative estimate of drug-likeness (QED) is 0.880. The lowest BCUT2D eigenvalue weighted by Gasteiger charge is -2.23. The lowest BCUT2D eigenvalue weighted by Crippen LogP contribution is -2.45. The molecule has 0 aromatic carbocycles. The molecule has 1 saturated heterocycles. The molecule has 0 amide bonds. The molecular weight excluding hydrogens is 294 g/mol. The third-order valence-corrected chi connectivity index (χ3v) is 5.93. The number of hydrogen-bond donors (Lipinski definition) is 2. The van der Waals surface area contributed by atoms with Gasteiger partial charge in [0.05, 0.1) is 10.7 Å². The highest BCUT2D eigenvalue weighted by molar-refractivity contribution is 7.91. The zero-order chi connectivity index (χ0) is 12.5. The lowest BCUT2D eigenvalue weighted by molar-refractivity contribution is 0.429. The molecule has 1 atom stereocenters. The van der Waals surface area contributed by atoms with Crippen LogP contribution < -0.4 is 10.0 Å². The standard InChI is InChI=1S/C10H17N3O2S2.ClH/c1-7-10(16-8(2)12-7)17(14,15)13-9-4-3-5-11-6-9;/h9,11,13H,3-6H2,1-2H3;1H. The summed E-state index contributed by atoms with van der Waals surface area (Å²) >= 11 is 1.23. The highest BCUT2D eigenvalue weighted by Gasteiger charge is 2.25. The van der Waals surface area contributed by atoms with Crippen molar-refractivity contribution in [2.24, 2.45) is 0 Å². The Morgan fingerprint density at radius 2 is 2.17 bits per heavy atom. The van der Waals surface area contributed by atoms with Crippen molar-refractivity contribution in [1.82, 2.24) is 15.0 Å². The van der Waals surface area contributed by atoms with E-state index in [4.69, 9.17) is 0 Å². The van der Waals surface area contributed by atoms with Crippen molar-refractivity contribution in [1.29, 1.82) is 0 Å². The minimum absolute atomic E-state index is 0. The molecule has 2 rings (SSSR count). The van der Waals surface area contributed by atoms with Crippen LogP contribution in [0.15, 0.2) is 4.21 Å². The molecule has 2 N–H and O–H groups in total. The van der Waals surface area contributed by atoms with Crippen LogP contribution in [0.5, 0.6) is 0 Å². The van der Waals surface area contributed by atoms with Crippen LogP contribution >= 0.6 is 23.7 Å². The Morgan fingerprint density at radius 3 is 2.67 bits per heavy atom. The second-order valence-electron chi connectivity index (χ2n) is 4.27. The summed E-state index contributed by atoms with van der Waals surface area (Å²) < 4.78 is 27.4. The van der Waals surface area contributed by atoms with Crippen molar-refractivity contribution in [2.45, 2.75) is 36.9 Å². The number of thiazole rings is 1. The maximum Gasteiger partial charge on any atom is 0.252 e. The number of nitrogens with one attached hydrogen (secondary N) is 2. The Morgan fingerprint density at radius 1 is 1.44 bits per heavy atom. The van der Waals surface area contributed by atoms with Gasteiger partial charge in [0, 0.05) is 12.6 Å². The van der Waals surface area contributed by atoms with Gasteiger partial charge < -0.3 is 5.32 Å². The number of halogens is 1. The highest BCUT2D eigenvalue weighted by Crippen LogP contribution is 2.23. The molecule has 0 spiro atoms. The summed E-state index contributed by atoms with van der Waals surface area (Å²) in [4.78, 5) is 4.15. The summed E-state index contributed by atoms with van der Waals surface area (Å²) in [5.74, 6) is 0. The van der Waals surface area contributed by atoms with Crippen molar-refractivity contribution >= 4 is 33.8 Å². The monoisotopic (exact) mass is 311 g/mol. The van der Waals surface area contributed by atoms with Crippen molar-refractivity contribution in [3.05, 3.63) is 10.7 Å². The van der Waals surface area contributed by atoms with E-state index >= 15 is 0 Å². The van der Waals surface area contributed by atoms with Gasteiger partial charge in [0.1, 0.15) is 0 Å². The van der Waals surface area contributed by atoms with E-state index in [1.165, 1.54) is 11.3 Å². The summed E-state index contributed by atoms with van der Waals surface area (Å²) in [5.41, 5.74) is 0.587. The molecule has 1 aliphatic heterocycles. The van der Waals surface area contributed by atoms with Crippen molar-refractivity contribution in [3.63, 3.8) is 0 Å². The van der Waals surface area contributed by atoms with E-state index in [9.17, 15) is 8.42 Å². The number of nitrogens with zero attached hydrogens (tertiary/aromatic N) is 1. The van der Waals surface area contributed by atoms with Gasteiger partial charge in [-0.1, -0.05) is 0 Å². The number of aromatic nitrogens is 1. The minimum atomic E-state index is -3.40. The van der Waals surface area contributed by atoms with Gasteiger partial charge in [-0.05, 0) is 33.2 Å². The minimum Gasteiger partial charge on any atom is -0.315 e. The molecular formula is C10H18ClN3O2S2. The predicted octanol–water partition coefficient (Wildman–Crippen LogP) is 1.21. The molecule has 8 heteroatoms. The van der Waals surface area contributed by atoms with E-state index in [-0.39, 0.29) is 18.4 Å². The summed E-state index contributed by atoms with van der Waals surface area (Å²) in [6.07, 6.45) is 1.90. The molecule has 1 aromatic heterocycles. The molecule has 0 radical (unpaired) electrons. The maximum absolute atomic E-state index is 12.2. The molecule has 5 nitrogen and oxygen atoms in total. The van der Waals surface area contributed by atoms with Crippen LogP contribution in [0.4, 0.5) is 0 Å². The Balaban J connectivity index is 0.00000162. The first-order chi connectivity index (χ1) is 7.99. The van der Waals surface area contributed by atoms with Gasteiger partial charge in [-0.25, -0.2) is 18.1 Å². The second-order valence-corrected chi connectivity index (χ2v) is 7.38. The SMILES string of the molecule is Cc1nc(C)c(S(=O)(=O)NC2CCCNC2)s1.Cl. The van der Waals surface area contributed by atoms with Crippen LogP contribution in [-0.2, 0) is 10.0 Å². The van der Waals surface area contributed by atoms with Crippen molar-refractivity contribution < 1.29 is 8.42 Å². The predicted molar refractivity (Wildman–Crippen MR) is 75.0 cm³/mol. The number of piperidine rings is 1. The highest BCUT2D eigenvalue weighted by atomic mass is 35.5. The fraction of sp³-hybridized carbons (Fsp3) is 0.700. The maximum atomic E-state index is 12.2. The molecule has 1 aromatic rings. The van der Waals surface area contributed by atoms with E-state index in [1.807, 2.05) is 6.92 Å². The summed E-state index contributed by atoms with van der Waals surface area (Å²) in [5, 5.41) is 3.97. The third-order valence-electron chi connectivity index (χ3n) is 2.72. The van der Waals surface area contributed by atoms with Crippen LogP contribution in [0.3, 0.4) is 0 Å². The second kappa shape index (κ2) is 6.29. The fourth-order valence-corrected chi connectivity index (χ4v) is 4.76. The van der Waals surface area contributed by atoms with Crippen molar-refractivity contribution in [2.75, 3.05) is 13.1 Å². The van der Waals surface area contributed by atoms with Crippen LogP contribution in [-0.4, -0.2) is 32.5 Å². The topological polar surface area (TPSA) is 71.1 Å². The molecule has 1 fully saturated rings. The smallest absolute Gasteiger partial charge is 0.252 e. The Bertz CT molecular complexity index is 495. The first-order valence-electron chi connectivity index (χ1n) is 5.66. The molecule has 0 bridgehead atoms. The van der Waals surface area contributed by atoms with Gasteiger partial charge in [-0.3, -0.25) is 0 Å². The molecule has 2 heterocycles. The van der Waals surface area contributed by atoms with Crippen molar-refractivity contribution in [3.8, 4) is 0 Å². The number of aryl methyl sites for hydroxylation is 2. The summed E-state index contributed by atoms with van der Waals surface area (Å²) in [6, 6.07) is -0.00411. The van der Waals surface area contributed by atoms with Crippen LogP contribution in [0.1, 0.15) is 23.5 Å². The zero-order valence-electron chi connectivity index (χ0n) is 10.4. The molecule has 18 heavy (non-hydrogen) atoms. The first kappa shape index (κ1) is 15.8. The largest absolute Gasteiger partial charge is 0.315 e. The number of sulfonamides is 1. The molecule has 1 unspecified atom stereocenters. The molecule has 1 aliphatic rings. The van der Waals surface area contributed by atoms with Gasteiger partial charge >= 0.3 is 0 Å². The van der Waals surface area contributed by atoms with Gasteiger partial charge in [-0.15, -0.1) is 23.7 Å². The van der Waals surface area contributed by atoms with E-state index in [0.29, 0.717) is 16.4 Å². The van der Waals surface area contributed by atoms with Gasteiger partial charge in [0.15, 0.2) is 4.21 Å². The van der Waals surface area contributed by atoms with Crippen LogP contribution in [0.2, 0.25) is 0 Å². The lowest BCUT2D eigenvalue weighted by atomic mass is 10.1. The fourth-order valence-electron chi connectivity index (χ4n) is 1.99. The molecule has 0 saturated carbocycles. The summed E-state index contributed by atoms with van der Waals surface area (Å²) in [6.45, 7) is 5.23. The van der Waals surface area contributed by atoms with E-state index in [0.717, 1.165) is 24.4 Å². The Kier molecular flexibility index (Phi) is 5.54. The number of rotatable bonds is 3. The van der Waals surface area contributed by atoms with E-state index < -0.39 is 10.0 Å². The van der Waals surface area contributed by atoms with Gasteiger partial charge in [-0.2, -0.15) is 0 Å². The zero-order valence-corrected chi connectivity index (χ0v) is 12.8. The summed E-state index contributed by atoms with van der Waals surface area (Å²) in [7, 11) is -3.40. The first-order valence-corrected chi connectivity index (χ1v) is 7.96. The molecule has 0 aliphatic carbocycles. The third kappa shape index (κ3) is 3.64. The Hall–Kier alpha value is -0.210. The van der Waals surface area contributed by atoms with Gasteiger partial charge in [0.2, 0.25) is 0 Å². The number of hydrogen-bond acceptors (Lipinski definition) is 5. The van der Waals surface area contributed by atoms with Crippen LogP contribution in [0.25, 0.3) is 0 Å². The average molecular weight is 312 g/mol. The van der Waals surface area contributed by atoms with Gasteiger partial charge in [0.25, 0.3) is 10.0 Å². The normalized spacial score (nSPS) is 20.4. The van der Waals surface area contributed by atoms with E-state index in [2.05, 4.69) is 15.0 Å². The molecule has 104 valence electrons. The average Bonchev–Trinajstić information content (AvgIpc) is 2.59. The van der Waals surface area contributed by atoms with Crippen LogP contribution in [0, 0.1) is 13.8 Å². The Labute approximate surface area is 118 Å².